The highest BCUT2D eigenvalue weighted by Crippen LogP contribution is 2.39. The molecule has 1 N–H and O–H groups in total. The van der Waals surface area contributed by atoms with Gasteiger partial charge in [-0.2, -0.15) is 0 Å². The van der Waals surface area contributed by atoms with Crippen LogP contribution in [0, 0.1) is 0 Å². The van der Waals surface area contributed by atoms with Crippen LogP contribution in [0.4, 0.5) is 0 Å². The maximum Gasteiger partial charge on any atom is 0.290 e. The van der Waals surface area contributed by atoms with Gasteiger partial charge < -0.3 is 24.1 Å². The minimum absolute atomic E-state index is 0.0355. The molecule has 3 rings (SSSR count). The van der Waals surface area contributed by atoms with Crippen molar-refractivity contribution in [1.82, 2.24) is 9.80 Å². The predicted molar refractivity (Wildman–Crippen MR) is 113 cm³/mol. The Morgan fingerprint density at radius 1 is 1.23 bits per heavy atom. The van der Waals surface area contributed by atoms with Crippen molar-refractivity contribution in [2.24, 2.45) is 0 Å². The molecule has 2 aromatic rings. The number of ether oxygens (including phenoxy) is 1. The fourth-order valence-electron chi connectivity index (χ4n) is 3.39. The molecule has 1 aliphatic rings. The molecule has 0 bridgehead atoms. The fraction of sp³-hybridized carbons (Fsp3) is 0.391. The van der Waals surface area contributed by atoms with E-state index >= 15 is 0 Å². The standard InChI is InChI=1S/C23H28N2O5/c1-4-5-14-29-17-10-8-16(9-11-17)20-19(21(26)18-7-6-15-30-18)22(27)23(28)25(20)13-12-24(2)3/h6-11,15,20,27H,4-5,12-14H2,1-3H3. The first-order valence-electron chi connectivity index (χ1n) is 10.1. The van der Waals surface area contributed by atoms with E-state index in [0.29, 0.717) is 19.7 Å². The summed E-state index contributed by atoms with van der Waals surface area (Å²) < 4.78 is 10.9. The number of aliphatic hydroxyl groups excluding tert-OH is 1. The number of aliphatic hydroxyl groups is 1. The summed E-state index contributed by atoms with van der Waals surface area (Å²) in [7, 11) is 3.81. The maximum atomic E-state index is 13.0. The average molecular weight is 412 g/mol. The Morgan fingerprint density at radius 2 is 1.97 bits per heavy atom. The van der Waals surface area contributed by atoms with Crippen molar-refractivity contribution in [2.75, 3.05) is 33.8 Å². The van der Waals surface area contributed by atoms with Crippen LogP contribution >= 0.6 is 0 Å². The first-order valence-corrected chi connectivity index (χ1v) is 10.1. The molecular formula is C23H28N2O5. The number of unbranched alkanes of at least 4 members (excludes halogenated alkanes) is 1. The second-order valence-electron chi connectivity index (χ2n) is 7.54. The van der Waals surface area contributed by atoms with Crippen molar-refractivity contribution in [2.45, 2.75) is 25.8 Å². The molecule has 30 heavy (non-hydrogen) atoms. The van der Waals surface area contributed by atoms with Crippen molar-refractivity contribution in [3.05, 3.63) is 65.3 Å². The van der Waals surface area contributed by atoms with E-state index in [1.165, 1.54) is 17.2 Å². The molecular weight excluding hydrogens is 384 g/mol. The second kappa shape index (κ2) is 9.63. The van der Waals surface area contributed by atoms with Crippen molar-refractivity contribution in [3.63, 3.8) is 0 Å². The van der Waals surface area contributed by atoms with Gasteiger partial charge in [0.2, 0.25) is 5.78 Å². The predicted octanol–water partition coefficient (Wildman–Crippen LogP) is 3.60. The zero-order valence-electron chi connectivity index (χ0n) is 17.6. The Kier molecular flexibility index (Phi) is 6.95. The average Bonchev–Trinajstić information content (AvgIpc) is 3.35. The SMILES string of the molecule is CCCCOc1ccc(C2C(C(=O)c3ccco3)=C(O)C(=O)N2CCN(C)C)cc1. The minimum Gasteiger partial charge on any atom is -0.503 e. The van der Waals surface area contributed by atoms with Gasteiger partial charge >= 0.3 is 0 Å². The molecule has 0 fully saturated rings. The molecule has 1 aromatic carbocycles. The number of carbonyl (C=O) groups excluding carboxylic acids is 2. The molecule has 1 atom stereocenters. The summed E-state index contributed by atoms with van der Waals surface area (Å²) in [5.74, 6) is -0.762. The van der Waals surface area contributed by atoms with Crippen molar-refractivity contribution in [1.29, 1.82) is 0 Å². The fourth-order valence-corrected chi connectivity index (χ4v) is 3.39. The third kappa shape index (κ3) is 4.57. The van der Waals surface area contributed by atoms with E-state index in [1.807, 2.05) is 43.3 Å². The van der Waals surface area contributed by atoms with Crippen LogP contribution in [0.5, 0.6) is 5.75 Å². The number of Topliss-reactive ketones (excluding diaryl/α,β-unsaturated/α-hetero) is 1. The van der Waals surface area contributed by atoms with Crippen LogP contribution in [0.25, 0.3) is 0 Å². The number of ketones is 1. The number of hydrogen-bond donors (Lipinski definition) is 1. The lowest BCUT2D eigenvalue weighted by atomic mass is 9.95. The Balaban J connectivity index is 1.94. The number of nitrogens with zero attached hydrogens (tertiary/aromatic N) is 2. The molecule has 0 saturated carbocycles. The van der Waals surface area contributed by atoms with Gasteiger partial charge in [-0.25, -0.2) is 0 Å². The lowest BCUT2D eigenvalue weighted by Crippen LogP contribution is -2.36. The number of amides is 1. The van der Waals surface area contributed by atoms with Gasteiger partial charge in [-0.3, -0.25) is 9.59 Å². The Morgan fingerprint density at radius 3 is 2.57 bits per heavy atom. The highest BCUT2D eigenvalue weighted by molar-refractivity contribution is 6.15. The summed E-state index contributed by atoms with van der Waals surface area (Å²) in [5, 5.41) is 10.6. The summed E-state index contributed by atoms with van der Waals surface area (Å²) in [5.41, 5.74) is 0.761. The monoisotopic (exact) mass is 412 g/mol. The van der Waals surface area contributed by atoms with Crippen molar-refractivity contribution < 1.29 is 23.8 Å². The van der Waals surface area contributed by atoms with E-state index in [2.05, 4.69) is 6.92 Å². The van der Waals surface area contributed by atoms with E-state index in [1.54, 1.807) is 6.07 Å². The quantitative estimate of drug-likeness (QED) is 0.474. The lowest BCUT2D eigenvalue weighted by Gasteiger charge is -2.28. The summed E-state index contributed by atoms with van der Waals surface area (Å²) in [6.45, 7) is 3.69. The zero-order valence-corrected chi connectivity index (χ0v) is 17.6. The van der Waals surface area contributed by atoms with Gasteiger partial charge in [0.1, 0.15) is 5.75 Å². The normalized spacial score (nSPS) is 16.6. The van der Waals surface area contributed by atoms with Gasteiger partial charge in [0, 0.05) is 13.1 Å². The number of rotatable bonds is 10. The van der Waals surface area contributed by atoms with E-state index in [9.17, 15) is 14.7 Å². The highest BCUT2D eigenvalue weighted by Gasteiger charge is 2.44. The van der Waals surface area contributed by atoms with Crippen molar-refractivity contribution >= 4 is 11.7 Å². The molecule has 1 amide bonds. The number of furan rings is 1. The van der Waals surface area contributed by atoms with Gasteiger partial charge in [0.25, 0.3) is 5.91 Å². The highest BCUT2D eigenvalue weighted by atomic mass is 16.5. The van der Waals surface area contributed by atoms with Gasteiger partial charge in [-0.1, -0.05) is 25.5 Å². The van der Waals surface area contributed by atoms with Crippen molar-refractivity contribution in [3.8, 4) is 5.75 Å². The molecule has 0 saturated heterocycles. The van der Waals surface area contributed by atoms with Crippen LogP contribution in [0.15, 0.2) is 58.4 Å². The van der Waals surface area contributed by atoms with Crippen LogP contribution in [0.1, 0.15) is 41.9 Å². The molecule has 1 aliphatic heterocycles. The zero-order chi connectivity index (χ0) is 21.7. The van der Waals surface area contributed by atoms with E-state index in [-0.39, 0.29) is 11.3 Å². The van der Waals surface area contributed by atoms with E-state index in [0.717, 1.165) is 24.2 Å². The molecule has 7 heteroatoms. The Hall–Kier alpha value is -3.06. The summed E-state index contributed by atoms with van der Waals surface area (Å²) in [6, 6.07) is 9.74. The molecule has 2 heterocycles. The van der Waals surface area contributed by atoms with E-state index < -0.39 is 23.5 Å². The summed E-state index contributed by atoms with van der Waals surface area (Å²) in [6.07, 6.45) is 3.41. The Labute approximate surface area is 176 Å². The van der Waals surface area contributed by atoms with Gasteiger partial charge in [-0.15, -0.1) is 0 Å². The van der Waals surface area contributed by atoms with Gasteiger partial charge in [-0.05, 0) is 50.3 Å². The summed E-state index contributed by atoms with van der Waals surface area (Å²) >= 11 is 0. The number of hydrogen-bond acceptors (Lipinski definition) is 6. The smallest absolute Gasteiger partial charge is 0.290 e. The molecule has 1 unspecified atom stereocenters. The molecule has 160 valence electrons. The first-order chi connectivity index (χ1) is 14.4. The maximum absolute atomic E-state index is 13.0. The van der Waals surface area contributed by atoms with Gasteiger partial charge in [0.05, 0.1) is 24.5 Å². The van der Waals surface area contributed by atoms with Gasteiger partial charge in [0.15, 0.2) is 11.5 Å². The van der Waals surface area contributed by atoms with Crippen LogP contribution in [-0.4, -0.2) is 60.4 Å². The van der Waals surface area contributed by atoms with Crippen LogP contribution in [-0.2, 0) is 4.79 Å². The second-order valence-corrected chi connectivity index (χ2v) is 7.54. The first kappa shape index (κ1) is 21.6. The topological polar surface area (TPSA) is 83.2 Å². The largest absolute Gasteiger partial charge is 0.503 e. The minimum atomic E-state index is -0.695. The third-order valence-corrected chi connectivity index (χ3v) is 5.04. The van der Waals surface area contributed by atoms with Crippen LogP contribution in [0.2, 0.25) is 0 Å². The van der Waals surface area contributed by atoms with Crippen LogP contribution in [0.3, 0.4) is 0 Å². The number of benzene rings is 1. The lowest BCUT2D eigenvalue weighted by molar-refractivity contribution is -0.129. The van der Waals surface area contributed by atoms with Crippen LogP contribution < -0.4 is 4.74 Å². The molecule has 0 aliphatic carbocycles. The Bertz CT molecular complexity index is 900. The molecule has 1 aromatic heterocycles. The summed E-state index contributed by atoms with van der Waals surface area (Å²) in [4.78, 5) is 29.3. The molecule has 0 radical (unpaired) electrons. The molecule has 0 spiro atoms. The number of likely N-dealkylation sites (N-methyl/N-ethyl adjacent to an activating group) is 1. The van der Waals surface area contributed by atoms with E-state index in [4.69, 9.17) is 9.15 Å². The number of carbonyl (C=O) groups is 2. The molecule has 7 nitrogen and oxygen atoms in total. The third-order valence-electron chi connectivity index (χ3n) is 5.04.